The molecule has 1 heterocycles. The molecule has 0 spiro atoms. The molecule has 0 saturated heterocycles. The number of aromatic carboxylic acids is 1. The number of benzene rings is 2. The Morgan fingerprint density at radius 3 is 2.46 bits per heavy atom. The third-order valence-electron chi connectivity index (χ3n) is 3.81. The van der Waals surface area contributed by atoms with E-state index < -0.39 is 5.97 Å². The van der Waals surface area contributed by atoms with E-state index in [-0.39, 0.29) is 23.5 Å². The Morgan fingerprint density at radius 1 is 1.12 bits per heavy atom. The van der Waals surface area contributed by atoms with Crippen molar-refractivity contribution in [3.8, 4) is 11.1 Å². The molecule has 0 unspecified atom stereocenters. The second kappa shape index (κ2) is 6.42. The number of carboxylic acids is 1. The van der Waals surface area contributed by atoms with Crippen molar-refractivity contribution in [2.45, 2.75) is 13.3 Å². The van der Waals surface area contributed by atoms with Gasteiger partial charge in [0, 0.05) is 22.4 Å². The molecule has 0 radical (unpaired) electrons. The summed E-state index contributed by atoms with van der Waals surface area (Å²) < 4.78 is 0. The second-order valence-corrected chi connectivity index (χ2v) is 5.76. The Labute approximate surface area is 143 Å². The third-order valence-corrected chi connectivity index (χ3v) is 4.04. The van der Waals surface area contributed by atoms with Gasteiger partial charge in [-0.2, -0.15) is 0 Å². The second-order valence-electron chi connectivity index (χ2n) is 5.32. The number of fused-ring (bicyclic) bond motifs is 1. The molecule has 5 heteroatoms. The number of carbonyl (C=O) groups excluding carboxylic acids is 1. The molecular weight excluding hydrogens is 326 g/mol. The number of hydrogen-bond donors (Lipinski definition) is 1. The van der Waals surface area contributed by atoms with Gasteiger partial charge in [0.15, 0.2) is 5.78 Å². The first-order chi connectivity index (χ1) is 11.5. The number of nitrogens with zero attached hydrogens (tertiary/aromatic N) is 1. The first-order valence-electron chi connectivity index (χ1n) is 7.48. The number of ketones is 1. The Bertz CT molecular complexity index is 952. The molecule has 120 valence electrons. The van der Waals surface area contributed by atoms with Gasteiger partial charge in [-0.05, 0) is 23.8 Å². The van der Waals surface area contributed by atoms with E-state index in [9.17, 15) is 14.7 Å². The largest absolute Gasteiger partial charge is 0.478 e. The number of pyridine rings is 1. The summed E-state index contributed by atoms with van der Waals surface area (Å²) >= 11 is 6.10. The lowest BCUT2D eigenvalue weighted by Gasteiger charge is -2.14. The predicted molar refractivity (Wildman–Crippen MR) is 93.8 cm³/mol. The van der Waals surface area contributed by atoms with Crippen LogP contribution in [0.15, 0.2) is 48.5 Å². The van der Waals surface area contributed by atoms with Crippen LogP contribution >= 0.6 is 11.6 Å². The molecule has 0 bridgehead atoms. The lowest BCUT2D eigenvalue weighted by Crippen LogP contribution is -2.13. The standard InChI is InChI=1S/C19H14ClNO3/c1-2-15(22)18-17(19(23)24)16(11-6-4-3-5-7-11)13-10-12(20)8-9-14(13)21-18/h3-10H,2H2,1H3,(H,23,24). The Balaban J connectivity index is 2.52. The zero-order valence-corrected chi connectivity index (χ0v) is 13.7. The van der Waals surface area contributed by atoms with Gasteiger partial charge in [0.05, 0.1) is 11.1 Å². The molecule has 0 amide bonds. The Kier molecular flexibility index (Phi) is 4.32. The van der Waals surface area contributed by atoms with Crippen LogP contribution in [0.3, 0.4) is 0 Å². The van der Waals surface area contributed by atoms with Crippen molar-refractivity contribution < 1.29 is 14.7 Å². The lowest BCUT2D eigenvalue weighted by atomic mass is 9.92. The van der Waals surface area contributed by atoms with E-state index in [1.54, 1.807) is 25.1 Å². The molecule has 0 atom stereocenters. The fourth-order valence-corrected chi connectivity index (χ4v) is 2.89. The number of halogens is 1. The molecule has 3 rings (SSSR count). The van der Waals surface area contributed by atoms with Crippen molar-refractivity contribution in [3.05, 3.63) is 64.8 Å². The third kappa shape index (κ3) is 2.76. The van der Waals surface area contributed by atoms with E-state index in [1.807, 2.05) is 30.3 Å². The summed E-state index contributed by atoms with van der Waals surface area (Å²) in [4.78, 5) is 28.5. The van der Waals surface area contributed by atoms with Crippen LogP contribution in [0.2, 0.25) is 5.02 Å². The summed E-state index contributed by atoms with van der Waals surface area (Å²) in [7, 11) is 0. The molecule has 4 nitrogen and oxygen atoms in total. The van der Waals surface area contributed by atoms with Gasteiger partial charge >= 0.3 is 5.97 Å². The molecule has 2 aromatic carbocycles. The van der Waals surface area contributed by atoms with Gasteiger partial charge in [-0.1, -0.05) is 48.9 Å². The highest BCUT2D eigenvalue weighted by molar-refractivity contribution is 6.31. The number of carboxylic acid groups (broad SMARTS) is 1. The molecule has 0 aliphatic carbocycles. The predicted octanol–water partition coefficient (Wildman–Crippen LogP) is 4.85. The summed E-state index contributed by atoms with van der Waals surface area (Å²) in [5, 5.41) is 10.8. The van der Waals surface area contributed by atoms with Crippen LogP contribution in [0.4, 0.5) is 0 Å². The lowest BCUT2D eigenvalue weighted by molar-refractivity contribution is 0.0692. The zero-order valence-electron chi connectivity index (χ0n) is 12.9. The van der Waals surface area contributed by atoms with Crippen LogP contribution in [-0.4, -0.2) is 21.8 Å². The molecule has 0 aliphatic heterocycles. The topological polar surface area (TPSA) is 67.3 Å². The van der Waals surface area contributed by atoms with Gasteiger partial charge in [-0.3, -0.25) is 4.79 Å². The van der Waals surface area contributed by atoms with Crippen LogP contribution in [0.25, 0.3) is 22.0 Å². The van der Waals surface area contributed by atoms with E-state index in [0.717, 1.165) is 0 Å². The van der Waals surface area contributed by atoms with Gasteiger partial charge < -0.3 is 5.11 Å². The van der Waals surface area contributed by atoms with E-state index in [2.05, 4.69) is 4.98 Å². The molecular formula is C19H14ClNO3. The smallest absolute Gasteiger partial charge is 0.338 e. The Morgan fingerprint density at radius 2 is 1.83 bits per heavy atom. The maximum absolute atomic E-state index is 12.3. The fourth-order valence-electron chi connectivity index (χ4n) is 2.72. The van der Waals surface area contributed by atoms with Crippen molar-refractivity contribution in [1.29, 1.82) is 0 Å². The number of carbonyl (C=O) groups is 2. The quantitative estimate of drug-likeness (QED) is 0.690. The number of rotatable bonds is 4. The fraction of sp³-hybridized carbons (Fsp3) is 0.105. The number of aromatic nitrogens is 1. The van der Waals surface area contributed by atoms with Gasteiger partial charge in [-0.25, -0.2) is 9.78 Å². The average molecular weight is 340 g/mol. The molecule has 0 aliphatic rings. The van der Waals surface area contributed by atoms with Crippen molar-refractivity contribution in [3.63, 3.8) is 0 Å². The normalized spacial score (nSPS) is 10.8. The minimum absolute atomic E-state index is 0.0151. The van der Waals surface area contributed by atoms with Crippen LogP contribution in [0.5, 0.6) is 0 Å². The summed E-state index contributed by atoms with van der Waals surface area (Å²) in [6.07, 6.45) is 0.181. The number of hydrogen-bond acceptors (Lipinski definition) is 3. The van der Waals surface area contributed by atoms with Crippen molar-refractivity contribution in [2.24, 2.45) is 0 Å². The Hall–Kier alpha value is -2.72. The summed E-state index contributed by atoms with van der Waals surface area (Å²) in [6, 6.07) is 14.1. The summed E-state index contributed by atoms with van der Waals surface area (Å²) in [5.74, 6) is -1.48. The van der Waals surface area contributed by atoms with E-state index in [4.69, 9.17) is 11.6 Å². The maximum atomic E-state index is 12.3. The minimum atomic E-state index is -1.18. The van der Waals surface area contributed by atoms with E-state index >= 15 is 0 Å². The first kappa shape index (κ1) is 16.1. The van der Waals surface area contributed by atoms with Crippen LogP contribution in [0.1, 0.15) is 34.2 Å². The maximum Gasteiger partial charge on any atom is 0.338 e. The highest BCUT2D eigenvalue weighted by Crippen LogP contribution is 2.35. The molecule has 3 aromatic rings. The first-order valence-corrected chi connectivity index (χ1v) is 7.86. The zero-order chi connectivity index (χ0) is 17.3. The van der Waals surface area contributed by atoms with Gasteiger partial charge in [0.2, 0.25) is 0 Å². The van der Waals surface area contributed by atoms with Crippen LogP contribution in [0, 0.1) is 0 Å². The SMILES string of the molecule is CCC(=O)c1nc2ccc(Cl)cc2c(-c2ccccc2)c1C(=O)O. The van der Waals surface area contributed by atoms with Crippen LogP contribution < -0.4 is 0 Å². The molecule has 0 saturated carbocycles. The minimum Gasteiger partial charge on any atom is -0.478 e. The average Bonchev–Trinajstić information content (AvgIpc) is 2.60. The van der Waals surface area contributed by atoms with Crippen molar-refractivity contribution in [1.82, 2.24) is 4.98 Å². The molecule has 0 fully saturated rings. The highest BCUT2D eigenvalue weighted by atomic mass is 35.5. The summed E-state index contributed by atoms with van der Waals surface area (Å²) in [5.41, 5.74) is 1.61. The molecule has 1 aromatic heterocycles. The molecule has 24 heavy (non-hydrogen) atoms. The monoisotopic (exact) mass is 339 g/mol. The summed E-state index contributed by atoms with van der Waals surface area (Å²) in [6.45, 7) is 1.68. The van der Waals surface area contributed by atoms with Crippen LogP contribution in [-0.2, 0) is 0 Å². The van der Waals surface area contributed by atoms with Gasteiger partial charge in [0.1, 0.15) is 5.69 Å². The van der Waals surface area contributed by atoms with E-state index in [0.29, 0.717) is 27.1 Å². The van der Waals surface area contributed by atoms with Crippen molar-refractivity contribution in [2.75, 3.05) is 0 Å². The van der Waals surface area contributed by atoms with E-state index in [1.165, 1.54) is 0 Å². The number of Topliss-reactive ketones (excluding diaryl/α,β-unsaturated/α-hetero) is 1. The van der Waals surface area contributed by atoms with Gasteiger partial charge in [0.25, 0.3) is 0 Å². The molecule has 1 N–H and O–H groups in total. The van der Waals surface area contributed by atoms with Gasteiger partial charge in [-0.15, -0.1) is 0 Å². The van der Waals surface area contributed by atoms with Crippen molar-refractivity contribution >= 4 is 34.3 Å². The highest BCUT2D eigenvalue weighted by Gasteiger charge is 2.25.